The molecule has 0 aliphatic rings. The number of benzene rings is 1. The molecule has 21 heavy (non-hydrogen) atoms. The number of ether oxygens (including phenoxy) is 2. The average molecular weight is 317 g/mol. The van der Waals surface area contributed by atoms with Crippen molar-refractivity contribution in [1.29, 1.82) is 0 Å². The van der Waals surface area contributed by atoms with Crippen molar-refractivity contribution in [2.45, 2.75) is 18.2 Å². The predicted molar refractivity (Wildman–Crippen MR) is 76.2 cm³/mol. The molecule has 0 bridgehead atoms. The summed E-state index contributed by atoms with van der Waals surface area (Å²) in [6, 6.07) is 4.44. The molecule has 7 nitrogen and oxygen atoms in total. The maximum Gasteiger partial charge on any atom is 0.304 e. The van der Waals surface area contributed by atoms with Crippen LogP contribution in [-0.4, -0.2) is 51.1 Å². The van der Waals surface area contributed by atoms with E-state index in [9.17, 15) is 13.2 Å². The standard InChI is InChI=1S/C13H19NO6S/c1-4-14(8-7-13(15)16)21(17,18)12-9-10(19-2)5-6-11(12)20-3/h5-6,9H,4,7-8H2,1-3H3,(H,15,16). The van der Waals surface area contributed by atoms with Crippen molar-refractivity contribution in [2.24, 2.45) is 0 Å². The summed E-state index contributed by atoms with van der Waals surface area (Å²) in [5.41, 5.74) is 0. The molecule has 1 N–H and O–H groups in total. The fraction of sp³-hybridized carbons (Fsp3) is 0.462. The van der Waals surface area contributed by atoms with Crippen molar-refractivity contribution in [3.63, 3.8) is 0 Å². The van der Waals surface area contributed by atoms with E-state index in [0.29, 0.717) is 5.75 Å². The molecule has 0 fully saturated rings. The van der Waals surface area contributed by atoms with Crippen LogP contribution in [0.4, 0.5) is 0 Å². The van der Waals surface area contributed by atoms with Crippen LogP contribution in [0.5, 0.6) is 11.5 Å². The van der Waals surface area contributed by atoms with Crippen molar-refractivity contribution in [1.82, 2.24) is 4.31 Å². The maximum absolute atomic E-state index is 12.6. The number of carboxylic acids is 1. The first kappa shape index (κ1) is 17.3. The van der Waals surface area contributed by atoms with Crippen LogP contribution in [0.2, 0.25) is 0 Å². The number of hydrogen-bond donors (Lipinski definition) is 1. The smallest absolute Gasteiger partial charge is 0.304 e. The molecular formula is C13H19NO6S. The van der Waals surface area contributed by atoms with Gasteiger partial charge >= 0.3 is 5.97 Å². The van der Waals surface area contributed by atoms with Gasteiger partial charge < -0.3 is 14.6 Å². The molecule has 1 aromatic rings. The van der Waals surface area contributed by atoms with Gasteiger partial charge in [0.25, 0.3) is 0 Å². The number of aliphatic carboxylic acids is 1. The number of nitrogens with zero attached hydrogens (tertiary/aromatic N) is 1. The number of rotatable bonds is 8. The molecule has 118 valence electrons. The Morgan fingerprint density at radius 1 is 1.29 bits per heavy atom. The minimum Gasteiger partial charge on any atom is -0.497 e. The molecular weight excluding hydrogens is 298 g/mol. The summed E-state index contributed by atoms with van der Waals surface area (Å²) in [4.78, 5) is 10.6. The first-order valence-electron chi connectivity index (χ1n) is 6.30. The third kappa shape index (κ3) is 4.08. The fourth-order valence-electron chi connectivity index (χ4n) is 1.79. The summed E-state index contributed by atoms with van der Waals surface area (Å²) in [6.45, 7) is 1.70. The first-order chi connectivity index (χ1) is 9.86. The lowest BCUT2D eigenvalue weighted by Crippen LogP contribution is -2.33. The third-order valence-corrected chi connectivity index (χ3v) is 4.91. The van der Waals surface area contributed by atoms with E-state index in [1.807, 2.05) is 0 Å². The van der Waals surface area contributed by atoms with Gasteiger partial charge in [0, 0.05) is 19.2 Å². The normalized spacial score (nSPS) is 11.4. The second-order valence-corrected chi connectivity index (χ2v) is 6.06. The van der Waals surface area contributed by atoms with Crippen molar-refractivity contribution in [2.75, 3.05) is 27.3 Å². The second kappa shape index (κ2) is 7.28. The zero-order chi connectivity index (χ0) is 16.0. The van der Waals surface area contributed by atoms with Gasteiger partial charge in [0.2, 0.25) is 10.0 Å². The Balaban J connectivity index is 3.23. The van der Waals surface area contributed by atoms with Crippen molar-refractivity contribution in [3.05, 3.63) is 18.2 Å². The Morgan fingerprint density at radius 3 is 2.43 bits per heavy atom. The summed E-state index contributed by atoms with van der Waals surface area (Å²) in [5.74, 6) is -0.491. The van der Waals surface area contributed by atoms with E-state index in [-0.39, 0.29) is 30.2 Å². The first-order valence-corrected chi connectivity index (χ1v) is 7.74. The van der Waals surface area contributed by atoms with Crippen LogP contribution in [-0.2, 0) is 14.8 Å². The summed E-state index contributed by atoms with van der Waals surface area (Å²) in [7, 11) is -1.06. The highest BCUT2D eigenvalue weighted by molar-refractivity contribution is 7.89. The molecule has 8 heteroatoms. The van der Waals surface area contributed by atoms with Gasteiger partial charge in [-0.1, -0.05) is 6.92 Å². The number of hydrogen-bond acceptors (Lipinski definition) is 5. The average Bonchev–Trinajstić information content (AvgIpc) is 2.46. The summed E-state index contributed by atoms with van der Waals surface area (Å²) < 4.78 is 36.4. The van der Waals surface area contributed by atoms with E-state index in [0.717, 1.165) is 4.31 Å². The van der Waals surface area contributed by atoms with Crippen LogP contribution in [0.15, 0.2) is 23.1 Å². The third-order valence-electron chi connectivity index (χ3n) is 2.92. The van der Waals surface area contributed by atoms with Crippen LogP contribution < -0.4 is 9.47 Å². The Kier molecular flexibility index (Phi) is 5.98. The number of methoxy groups -OCH3 is 2. The quantitative estimate of drug-likeness (QED) is 0.774. The molecule has 0 radical (unpaired) electrons. The molecule has 0 heterocycles. The zero-order valence-electron chi connectivity index (χ0n) is 12.2. The summed E-state index contributed by atoms with van der Waals surface area (Å²) in [5, 5.41) is 8.71. The van der Waals surface area contributed by atoms with Gasteiger partial charge in [-0.15, -0.1) is 0 Å². The summed E-state index contributed by atoms with van der Waals surface area (Å²) >= 11 is 0. The van der Waals surface area contributed by atoms with Gasteiger partial charge in [-0.2, -0.15) is 4.31 Å². The van der Waals surface area contributed by atoms with Crippen molar-refractivity contribution >= 4 is 16.0 Å². The molecule has 0 aromatic heterocycles. The molecule has 0 saturated carbocycles. The van der Waals surface area contributed by atoms with Crippen molar-refractivity contribution < 1.29 is 27.8 Å². The van der Waals surface area contributed by atoms with Crippen LogP contribution in [0.25, 0.3) is 0 Å². The Labute approximate surface area is 124 Å². The van der Waals surface area contributed by atoms with Crippen molar-refractivity contribution in [3.8, 4) is 11.5 Å². The molecule has 0 aliphatic heterocycles. The molecule has 1 aromatic carbocycles. The minimum absolute atomic E-state index is 0.0448. The van der Waals surface area contributed by atoms with Crippen LogP contribution in [0.1, 0.15) is 13.3 Å². The second-order valence-electron chi connectivity index (χ2n) is 4.16. The van der Waals surface area contributed by atoms with E-state index in [4.69, 9.17) is 14.6 Å². The van der Waals surface area contributed by atoms with Gasteiger partial charge in [0.15, 0.2) is 0 Å². The van der Waals surface area contributed by atoms with E-state index in [1.54, 1.807) is 13.0 Å². The highest BCUT2D eigenvalue weighted by atomic mass is 32.2. The summed E-state index contributed by atoms with van der Waals surface area (Å²) in [6.07, 6.45) is -0.265. The molecule has 0 atom stereocenters. The fourth-order valence-corrected chi connectivity index (χ4v) is 3.41. The maximum atomic E-state index is 12.6. The van der Waals surface area contributed by atoms with Gasteiger partial charge in [0.1, 0.15) is 16.4 Å². The van der Waals surface area contributed by atoms with E-state index in [1.165, 1.54) is 26.4 Å². The Bertz CT molecular complexity index is 599. The van der Waals surface area contributed by atoms with E-state index in [2.05, 4.69) is 0 Å². The van der Waals surface area contributed by atoms with Gasteiger partial charge in [-0.25, -0.2) is 8.42 Å². The molecule has 0 saturated heterocycles. The van der Waals surface area contributed by atoms with E-state index < -0.39 is 16.0 Å². The Hall–Kier alpha value is -1.80. The highest BCUT2D eigenvalue weighted by Gasteiger charge is 2.27. The highest BCUT2D eigenvalue weighted by Crippen LogP contribution is 2.30. The number of sulfonamides is 1. The van der Waals surface area contributed by atoms with E-state index >= 15 is 0 Å². The number of carboxylic acid groups (broad SMARTS) is 1. The largest absolute Gasteiger partial charge is 0.497 e. The lowest BCUT2D eigenvalue weighted by Gasteiger charge is -2.21. The monoisotopic (exact) mass is 317 g/mol. The van der Waals surface area contributed by atoms with Crippen LogP contribution in [0, 0.1) is 0 Å². The topological polar surface area (TPSA) is 93.1 Å². The minimum atomic E-state index is -3.86. The lowest BCUT2D eigenvalue weighted by molar-refractivity contribution is -0.137. The molecule has 0 aliphatic carbocycles. The van der Waals surface area contributed by atoms with Gasteiger partial charge in [0.05, 0.1) is 20.6 Å². The molecule has 0 spiro atoms. The predicted octanol–water partition coefficient (Wildman–Crippen LogP) is 1.19. The molecule has 0 amide bonds. The SMILES string of the molecule is CCN(CCC(=O)O)S(=O)(=O)c1cc(OC)ccc1OC. The van der Waals surface area contributed by atoms with Gasteiger partial charge in [-0.05, 0) is 12.1 Å². The zero-order valence-corrected chi connectivity index (χ0v) is 13.0. The van der Waals surface area contributed by atoms with Crippen LogP contribution in [0.3, 0.4) is 0 Å². The molecule has 0 unspecified atom stereocenters. The lowest BCUT2D eigenvalue weighted by atomic mass is 10.3. The molecule has 1 rings (SSSR count). The Morgan fingerprint density at radius 2 is 1.95 bits per heavy atom. The van der Waals surface area contributed by atoms with Gasteiger partial charge in [-0.3, -0.25) is 4.79 Å². The van der Waals surface area contributed by atoms with Crippen LogP contribution >= 0.6 is 0 Å². The number of carbonyl (C=O) groups is 1.